The third kappa shape index (κ3) is 3.93. The summed E-state index contributed by atoms with van der Waals surface area (Å²) in [7, 11) is 1.88. The first-order valence-electron chi connectivity index (χ1n) is 7.72. The van der Waals surface area contributed by atoms with Gasteiger partial charge in [-0.1, -0.05) is 6.07 Å². The van der Waals surface area contributed by atoms with Crippen molar-refractivity contribution in [2.75, 3.05) is 13.7 Å². The minimum atomic E-state index is -4.26. The lowest BCUT2D eigenvalue weighted by Crippen LogP contribution is -2.35. The summed E-state index contributed by atoms with van der Waals surface area (Å²) in [5.41, 5.74) is 0.977. The van der Waals surface area contributed by atoms with E-state index < -0.39 is 12.7 Å². The number of aromatic nitrogens is 3. The van der Waals surface area contributed by atoms with Crippen molar-refractivity contribution in [2.45, 2.75) is 37.8 Å². The van der Waals surface area contributed by atoms with Gasteiger partial charge in [0.15, 0.2) is 0 Å². The van der Waals surface area contributed by atoms with E-state index in [2.05, 4.69) is 9.97 Å². The molecule has 0 amide bonds. The van der Waals surface area contributed by atoms with Crippen LogP contribution in [0.2, 0.25) is 0 Å². The molecule has 1 fully saturated rings. The van der Waals surface area contributed by atoms with E-state index in [-0.39, 0.29) is 12.1 Å². The fourth-order valence-corrected chi connectivity index (χ4v) is 3.06. The van der Waals surface area contributed by atoms with Gasteiger partial charge in [-0.05, 0) is 19.5 Å². The second-order valence-electron chi connectivity index (χ2n) is 5.94. The quantitative estimate of drug-likeness (QED) is 0.839. The fourth-order valence-electron chi connectivity index (χ4n) is 3.06. The van der Waals surface area contributed by atoms with E-state index in [0.29, 0.717) is 19.0 Å². The average molecular weight is 340 g/mol. The van der Waals surface area contributed by atoms with Gasteiger partial charge in [-0.15, -0.1) is 0 Å². The van der Waals surface area contributed by atoms with Gasteiger partial charge in [0.1, 0.15) is 12.4 Å². The Labute approximate surface area is 138 Å². The van der Waals surface area contributed by atoms with Crippen molar-refractivity contribution < 1.29 is 17.9 Å². The number of imidazole rings is 1. The molecule has 0 spiro atoms. The molecule has 1 aliphatic rings. The molecule has 2 aromatic rings. The third-order valence-corrected chi connectivity index (χ3v) is 4.18. The Morgan fingerprint density at radius 3 is 2.92 bits per heavy atom. The molecule has 2 atom stereocenters. The number of likely N-dealkylation sites (N-methyl/N-ethyl adjacent to an activating group) is 1. The summed E-state index contributed by atoms with van der Waals surface area (Å²) in [6, 6.07) is 3.88. The maximum Gasteiger partial charge on any atom is 0.406 e. The fraction of sp³-hybridized carbons (Fsp3) is 0.500. The number of hydrogen-bond acceptors (Lipinski definition) is 4. The van der Waals surface area contributed by atoms with Gasteiger partial charge in [0, 0.05) is 43.0 Å². The molecule has 0 unspecified atom stereocenters. The second-order valence-corrected chi connectivity index (χ2v) is 5.94. The van der Waals surface area contributed by atoms with Crippen LogP contribution in [-0.4, -0.2) is 45.3 Å². The molecule has 3 heterocycles. The molecule has 0 bridgehead atoms. The Balaban J connectivity index is 1.71. The summed E-state index contributed by atoms with van der Waals surface area (Å²) >= 11 is 0. The first kappa shape index (κ1) is 16.9. The van der Waals surface area contributed by atoms with Crippen molar-refractivity contribution >= 4 is 0 Å². The van der Waals surface area contributed by atoms with E-state index in [0.717, 1.165) is 16.6 Å². The highest BCUT2D eigenvalue weighted by Crippen LogP contribution is 2.32. The molecular weight excluding hydrogens is 321 g/mol. The van der Waals surface area contributed by atoms with Gasteiger partial charge < -0.3 is 9.30 Å². The standard InChI is InChI=1S/C16H19F3N4O/c1-22(10-14-21-6-7-23(14)11-16(17,18)19)13-4-8-24-15(13)12-3-2-5-20-9-12/h2-3,5-7,9,13,15H,4,8,10-11H2,1H3/t13-,15+/m0/s1. The van der Waals surface area contributed by atoms with E-state index in [1.807, 2.05) is 24.1 Å². The van der Waals surface area contributed by atoms with E-state index in [1.165, 1.54) is 12.4 Å². The van der Waals surface area contributed by atoms with Crippen LogP contribution in [0.5, 0.6) is 0 Å². The van der Waals surface area contributed by atoms with Crippen molar-refractivity contribution in [1.29, 1.82) is 0 Å². The zero-order valence-corrected chi connectivity index (χ0v) is 13.3. The van der Waals surface area contributed by atoms with Crippen LogP contribution < -0.4 is 0 Å². The maximum absolute atomic E-state index is 12.6. The summed E-state index contributed by atoms with van der Waals surface area (Å²) in [5.74, 6) is 0.395. The Morgan fingerprint density at radius 2 is 2.21 bits per heavy atom. The summed E-state index contributed by atoms with van der Waals surface area (Å²) in [6.07, 6.45) is 2.65. The average Bonchev–Trinajstić information content (AvgIpc) is 3.16. The molecule has 0 radical (unpaired) electrons. The minimum Gasteiger partial charge on any atom is -0.372 e. The number of alkyl halides is 3. The van der Waals surface area contributed by atoms with Gasteiger partial charge in [0.05, 0.1) is 12.6 Å². The SMILES string of the molecule is CN(Cc1nccn1CC(F)(F)F)[C@H]1CCO[C@@H]1c1cccnc1. The highest BCUT2D eigenvalue weighted by atomic mass is 19.4. The van der Waals surface area contributed by atoms with E-state index in [1.54, 1.807) is 12.4 Å². The number of halogens is 3. The number of rotatable bonds is 5. The molecule has 1 saturated heterocycles. The van der Waals surface area contributed by atoms with Crippen LogP contribution in [0.15, 0.2) is 36.9 Å². The van der Waals surface area contributed by atoms with Crippen LogP contribution in [-0.2, 0) is 17.8 Å². The molecule has 0 N–H and O–H groups in total. The number of ether oxygens (including phenoxy) is 1. The Hall–Kier alpha value is -1.93. The molecule has 0 aliphatic carbocycles. The number of hydrogen-bond donors (Lipinski definition) is 0. The molecule has 8 heteroatoms. The van der Waals surface area contributed by atoms with Gasteiger partial charge in [-0.25, -0.2) is 4.98 Å². The Morgan fingerprint density at radius 1 is 1.38 bits per heavy atom. The van der Waals surface area contributed by atoms with Crippen LogP contribution in [0.4, 0.5) is 13.2 Å². The Bertz CT molecular complexity index is 659. The first-order chi connectivity index (χ1) is 11.4. The lowest BCUT2D eigenvalue weighted by molar-refractivity contribution is -0.141. The second kappa shape index (κ2) is 6.90. The molecule has 0 aromatic carbocycles. The zero-order chi connectivity index (χ0) is 17.2. The molecule has 5 nitrogen and oxygen atoms in total. The van der Waals surface area contributed by atoms with Crippen LogP contribution in [0.3, 0.4) is 0 Å². The zero-order valence-electron chi connectivity index (χ0n) is 13.3. The lowest BCUT2D eigenvalue weighted by atomic mass is 10.0. The summed E-state index contributed by atoms with van der Waals surface area (Å²) in [4.78, 5) is 10.2. The lowest BCUT2D eigenvalue weighted by Gasteiger charge is -2.28. The summed E-state index contributed by atoms with van der Waals surface area (Å²) in [5, 5.41) is 0. The molecular formula is C16H19F3N4O. The molecule has 2 aromatic heterocycles. The molecule has 1 aliphatic heterocycles. The normalized spacial score (nSPS) is 21.5. The minimum absolute atomic E-state index is 0.0743. The van der Waals surface area contributed by atoms with E-state index >= 15 is 0 Å². The summed E-state index contributed by atoms with van der Waals surface area (Å²) < 4.78 is 44.9. The van der Waals surface area contributed by atoms with Gasteiger partial charge in [-0.3, -0.25) is 9.88 Å². The van der Waals surface area contributed by atoms with Crippen molar-refractivity contribution in [3.63, 3.8) is 0 Å². The van der Waals surface area contributed by atoms with Gasteiger partial charge in [-0.2, -0.15) is 13.2 Å². The smallest absolute Gasteiger partial charge is 0.372 e. The summed E-state index contributed by atoms with van der Waals surface area (Å²) in [6.45, 7) is -0.0806. The van der Waals surface area contributed by atoms with E-state index in [9.17, 15) is 13.2 Å². The van der Waals surface area contributed by atoms with Crippen molar-refractivity contribution in [3.8, 4) is 0 Å². The Kier molecular flexibility index (Phi) is 4.86. The molecule has 0 saturated carbocycles. The predicted molar refractivity (Wildman–Crippen MR) is 81.1 cm³/mol. The van der Waals surface area contributed by atoms with E-state index in [4.69, 9.17) is 4.74 Å². The number of pyridine rings is 1. The van der Waals surface area contributed by atoms with Gasteiger partial charge in [0.2, 0.25) is 0 Å². The first-order valence-corrected chi connectivity index (χ1v) is 7.72. The van der Waals surface area contributed by atoms with Gasteiger partial charge >= 0.3 is 6.18 Å². The number of nitrogens with zero attached hydrogens (tertiary/aromatic N) is 4. The molecule has 3 rings (SSSR count). The highest BCUT2D eigenvalue weighted by Gasteiger charge is 2.34. The van der Waals surface area contributed by atoms with Crippen LogP contribution in [0, 0.1) is 0 Å². The topological polar surface area (TPSA) is 43.2 Å². The van der Waals surface area contributed by atoms with Crippen LogP contribution in [0.1, 0.15) is 23.9 Å². The van der Waals surface area contributed by atoms with Crippen LogP contribution >= 0.6 is 0 Å². The largest absolute Gasteiger partial charge is 0.406 e. The van der Waals surface area contributed by atoms with Crippen molar-refractivity contribution in [3.05, 3.63) is 48.3 Å². The maximum atomic E-state index is 12.6. The molecule has 24 heavy (non-hydrogen) atoms. The monoisotopic (exact) mass is 340 g/mol. The predicted octanol–water partition coefficient (Wildman–Crippen LogP) is 2.80. The van der Waals surface area contributed by atoms with Crippen LogP contribution in [0.25, 0.3) is 0 Å². The molecule has 130 valence electrons. The third-order valence-electron chi connectivity index (χ3n) is 4.18. The van der Waals surface area contributed by atoms with Gasteiger partial charge in [0.25, 0.3) is 0 Å². The van der Waals surface area contributed by atoms with Crippen molar-refractivity contribution in [1.82, 2.24) is 19.4 Å². The highest BCUT2D eigenvalue weighted by molar-refractivity contribution is 5.15. The van der Waals surface area contributed by atoms with Crippen molar-refractivity contribution in [2.24, 2.45) is 0 Å².